The Morgan fingerprint density at radius 1 is 1.44 bits per heavy atom. The van der Waals surface area contributed by atoms with Gasteiger partial charge in [-0.05, 0) is 24.6 Å². The highest BCUT2D eigenvalue weighted by Gasteiger charge is 2.22. The first kappa shape index (κ1) is 11.0. The molecule has 0 spiro atoms. The minimum atomic E-state index is -0.0718. The highest BCUT2D eigenvalue weighted by molar-refractivity contribution is 6.09. The molecule has 0 fully saturated rings. The molecule has 1 aromatic carbocycles. The number of hydrogen-bond donors (Lipinski definition) is 0. The zero-order chi connectivity index (χ0) is 12.7. The summed E-state index contributed by atoms with van der Waals surface area (Å²) in [5.41, 5.74) is 3.15. The van der Waals surface area contributed by atoms with E-state index in [2.05, 4.69) is 5.10 Å². The molecule has 4 nitrogen and oxygen atoms in total. The first-order valence-electron chi connectivity index (χ1n) is 5.97. The minimum absolute atomic E-state index is 0.0718. The summed E-state index contributed by atoms with van der Waals surface area (Å²) in [6.45, 7) is 2.58. The summed E-state index contributed by atoms with van der Waals surface area (Å²) in [4.78, 5) is 12.4. The Balaban J connectivity index is 2.05. The van der Waals surface area contributed by atoms with E-state index in [0.717, 1.165) is 23.4 Å². The zero-order valence-electron chi connectivity index (χ0n) is 10.4. The van der Waals surface area contributed by atoms with Crippen molar-refractivity contribution < 1.29 is 9.53 Å². The summed E-state index contributed by atoms with van der Waals surface area (Å²) < 4.78 is 7.26. The van der Waals surface area contributed by atoms with Crippen molar-refractivity contribution in [1.29, 1.82) is 0 Å². The summed E-state index contributed by atoms with van der Waals surface area (Å²) in [6, 6.07) is 7.51. The molecule has 92 valence electrons. The quantitative estimate of drug-likeness (QED) is 0.755. The average molecular weight is 242 g/mol. The van der Waals surface area contributed by atoms with Crippen LogP contribution in [0.1, 0.15) is 27.3 Å². The summed E-state index contributed by atoms with van der Waals surface area (Å²) >= 11 is 0. The molecule has 0 amide bonds. The van der Waals surface area contributed by atoms with E-state index >= 15 is 0 Å². The molecule has 0 radical (unpaired) electrons. The van der Waals surface area contributed by atoms with Gasteiger partial charge in [-0.15, -0.1) is 0 Å². The van der Waals surface area contributed by atoms with Gasteiger partial charge < -0.3 is 4.74 Å². The van der Waals surface area contributed by atoms with Crippen LogP contribution >= 0.6 is 0 Å². The summed E-state index contributed by atoms with van der Waals surface area (Å²) in [5.74, 6) is 0.656. The van der Waals surface area contributed by atoms with Gasteiger partial charge in [0, 0.05) is 19.2 Å². The van der Waals surface area contributed by atoms with Gasteiger partial charge in [-0.3, -0.25) is 9.48 Å². The molecular formula is C14H14N2O2. The van der Waals surface area contributed by atoms with E-state index in [4.69, 9.17) is 4.74 Å². The van der Waals surface area contributed by atoms with E-state index in [1.165, 1.54) is 0 Å². The predicted molar refractivity (Wildman–Crippen MR) is 67.0 cm³/mol. The number of ketones is 1. The fraction of sp³-hybridized carbons (Fsp3) is 0.286. The predicted octanol–water partition coefficient (Wildman–Crippen LogP) is 1.89. The number of para-hydroxylation sites is 1. The molecule has 0 unspecified atom stereocenters. The Morgan fingerprint density at radius 3 is 3.00 bits per heavy atom. The first-order chi connectivity index (χ1) is 8.66. The smallest absolute Gasteiger partial charge is 0.216 e. The van der Waals surface area contributed by atoms with Crippen molar-refractivity contribution in [1.82, 2.24) is 9.78 Å². The molecule has 0 bridgehead atoms. The van der Waals surface area contributed by atoms with Crippen molar-refractivity contribution in [2.24, 2.45) is 7.05 Å². The van der Waals surface area contributed by atoms with Crippen LogP contribution in [0.25, 0.3) is 0 Å². The maximum absolute atomic E-state index is 12.4. The number of nitrogens with zero attached hydrogens (tertiary/aromatic N) is 2. The van der Waals surface area contributed by atoms with Gasteiger partial charge in [-0.25, -0.2) is 0 Å². The Kier molecular flexibility index (Phi) is 2.44. The van der Waals surface area contributed by atoms with Gasteiger partial charge in [0.15, 0.2) is 0 Å². The molecule has 0 saturated heterocycles. The molecule has 2 heterocycles. The second-order valence-electron chi connectivity index (χ2n) is 4.52. The van der Waals surface area contributed by atoms with Crippen LogP contribution in [0.15, 0.2) is 24.3 Å². The summed E-state index contributed by atoms with van der Waals surface area (Å²) in [7, 11) is 1.83. The molecular weight excluding hydrogens is 228 g/mol. The third-order valence-corrected chi connectivity index (χ3v) is 3.31. The number of benzene rings is 1. The lowest BCUT2D eigenvalue weighted by Gasteiger charge is -2.05. The number of hydrogen-bond acceptors (Lipinski definition) is 3. The normalized spacial score (nSPS) is 13.2. The average Bonchev–Trinajstić information content (AvgIpc) is 2.95. The first-order valence-corrected chi connectivity index (χ1v) is 5.97. The number of fused-ring (bicyclic) bond motifs is 1. The second kappa shape index (κ2) is 3.98. The number of rotatable bonds is 2. The molecule has 2 aromatic rings. The molecule has 4 heteroatoms. The molecule has 3 rings (SSSR count). The SMILES string of the molecule is Cc1cc(C(=O)c2cccc3c2OCC3)nn1C. The fourth-order valence-corrected chi connectivity index (χ4v) is 2.20. The number of ether oxygens (including phenoxy) is 1. The van der Waals surface area contributed by atoms with E-state index in [1.54, 1.807) is 16.8 Å². The van der Waals surface area contributed by atoms with Gasteiger partial charge in [-0.1, -0.05) is 12.1 Å². The molecule has 0 N–H and O–H groups in total. The molecule has 18 heavy (non-hydrogen) atoms. The largest absolute Gasteiger partial charge is 0.492 e. The maximum atomic E-state index is 12.4. The molecule has 0 atom stereocenters. The van der Waals surface area contributed by atoms with Crippen LogP contribution in [0.4, 0.5) is 0 Å². The zero-order valence-corrected chi connectivity index (χ0v) is 10.4. The van der Waals surface area contributed by atoms with E-state index in [0.29, 0.717) is 17.9 Å². The highest BCUT2D eigenvalue weighted by Crippen LogP contribution is 2.30. The Morgan fingerprint density at radius 2 is 2.28 bits per heavy atom. The molecule has 1 aliphatic rings. The van der Waals surface area contributed by atoms with Crippen LogP contribution in [-0.2, 0) is 13.5 Å². The van der Waals surface area contributed by atoms with Gasteiger partial charge in [0.05, 0.1) is 12.2 Å². The van der Waals surface area contributed by atoms with Crippen molar-refractivity contribution >= 4 is 5.78 Å². The van der Waals surface area contributed by atoms with Crippen LogP contribution in [0.5, 0.6) is 5.75 Å². The van der Waals surface area contributed by atoms with Gasteiger partial charge in [0.25, 0.3) is 0 Å². The molecule has 1 aliphatic heterocycles. The lowest BCUT2D eigenvalue weighted by molar-refractivity contribution is 0.103. The highest BCUT2D eigenvalue weighted by atomic mass is 16.5. The van der Waals surface area contributed by atoms with Gasteiger partial charge >= 0.3 is 0 Å². The third-order valence-electron chi connectivity index (χ3n) is 3.31. The van der Waals surface area contributed by atoms with Crippen LogP contribution in [0.3, 0.4) is 0 Å². The van der Waals surface area contributed by atoms with Crippen LogP contribution in [0.2, 0.25) is 0 Å². The molecule has 0 aliphatic carbocycles. The Hall–Kier alpha value is -2.10. The number of carbonyl (C=O) groups is 1. The summed E-state index contributed by atoms with van der Waals surface area (Å²) in [6.07, 6.45) is 0.873. The molecule has 1 aromatic heterocycles. The van der Waals surface area contributed by atoms with Crippen molar-refractivity contribution in [2.45, 2.75) is 13.3 Å². The lowest BCUT2D eigenvalue weighted by Crippen LogP contribution is -2.05. The van der Waals surface area contributed by atoms with Crippen molar-refractivity contribution in [3.8, 4) is 5.75 Å². The van der Waals surface area contributed by atoms with Crippen molar-refractivity contribution in [2.75, 3.05) is 6.61 Å². The third kappa shape index (κ3) is 1.61. The minimum Gasteiger partial charge on any atom is -0.492 e. The number of aryl methyl sites for hydroxylation is 2. The van der Waals surface area contributed by atoms with Crippen molar-refractivity contribution in [3.63, 3.8) is 0 Å². The van der Waals surface area contributed by atoms with Gasteiger partial charge in [0.1, 0.15) is 11.4 Å². The number of carbonyl (C=O) groups excluding carboxylic acids is 1. The van der Waals surface area contributed by atoms with E-state index in [-0.39, 0.29) is 5.78 Å². The topological polar surface area (TPSA) is 44.1 Å². The Labute approximate surface area is 105 Å². The van der Waals surface area contributed by atoms with Gasteiger partial charge in [-0.2, -0.15) is 5.10 Å². The Bertz CT molecular complexity index is 609. The monoisotopic (exact) mass is 242 g/mol. The second-order valence-corrected chi connectivity index (χ2v) is 4.52. The van der Waals surface area contributed by atoms with E-state index in [1.807, 2.05) is 26.1 Å². The maximum Gasteiger partial charge on any atom is 0.216 e. The van der Waals surface area contributed by atoms with Gasteiger partial charge in [0.2, 0.25) is 5.78 Å². The van der Waals surface area contributed by atoms with E-state index < -0.39 is 0 Å². The standard InChI is InChI=1S/C14H14N2O2/c1-9-8-12(15-16(9)2)13(17)11-5-3-4-10-6-7-18-14(10)11/h3-5,8H,6-7H2,1-2H3. The number of aromatic nitrogens is 2. The van der Waals surface area contributed by atoms with Crippen LogP contribution in [-0.4, -0.2) is 22.2 Å². The van der Waals surface area contributed by atoms with Crippen LogP contribution < -0.4 is 4.74 Å². The van der Waals surface area contributed by atoms with Crippen molar-refractivity contribution in [3.05, 3.63) is 46.8 Å². The van der Waals surface area contributed by atoms with Crippen LogP contribution in [0, 0.1) is 6.92 Å². The fourth-order valence-electron chi connectivity index (χ4n) is 2.20. The van der Waals surface area contributed by atoms with E-state index in [9.17, 15) is 4.79 Å². The summed E-state index contributed by atoms with van der Waals surface area (Å²) in [5, 5.41) is 4.22. The molecule has 0 saturated carbocycles. The lowest BCUT2D eigenvalue weighted by atomic mass is 10.0.